The van der Waals surface area contributed by atoms with Gasteiger partial charge in [0.05, 0.1) is 28.9 Å². The molecular weight excluding hydrogens is 419 g/mol. The first-order chi connectivity index (χ1) is 14.9. The Morgan fingerprint density at radius 1 is 1.31 bits per heavy atom. The lowest BCUT2D eigenvalue weighted by Gasteiger charge is -2.44. The van der Waals surface area contributed by atoms with E-state index >= 15 is 0 Å². The van der Waals surface area contributed by atoms with E-state index in [4.69, 9.17) is 15.4 Å². The molecule has 1 saturated carbocycles. The summed E-state index contributed by atoms with van der Waals surface area (Å²) in [5.41, 5.74) is -0.934. The molecule has 0 bridgehead atoms. The second-order valence-corrected chi connectivity index (χ2v) is 8.42. The Bertz CT molecular complexity index is 921. The maximum atomic E-state index is 13.2. The van der Waals surface area contributed by atoms with E-state index in [1.807, 2.05) is 22.7 Å². The zero-order valence-corrected chi connectivity index (χ0v) is 18.7. The van der Waals surface area contributed by atoms with E-state index in [9.17, 15) is 18.0 Å². The standard InChI is InChI=1S/C21H27B2F3N4O2/c1-29-11-14(12-31)19(28)20(22,23)30(2)15-4-7-16(8-5-15)32-17-6-3-13(10-27)18(9-17)21(24,25)26/h3,6,9,11-12,15-16,28-29H,4-5,7-8,22-23H2,1-2H3/b14-11-,28-19?. The molecule has 1 fully saturated rings. The van der Waals surface area contributed by atoms with Crippen molar-refractivity contribution in [2.75, 3.05) is 14.1 Å². The predicted molar refractivity (Wildman–Crippen MR) is 121 cm³/mol. The smallest absolute Gasteiger partial charge is 0.417 e. The maximum absolute atomic E-state index is 13.2. The number of alkyl halides is 3. The van der Waals surface area contributed by atoms with Crippen LogP contribution < -0.4 is 10.1 Å². The summed E-state index contributed by atoms with van der Waals surface area (Å²) in [7, 11) is 7.36. The topological polar surface area (TPSA) is 89.2 Å². The minimum absolute atomic E-state index is 0.100. The Hall–Kier alpha value is -2.73. The molecular formula is C21H27B2F3N4O2. The van der Waals surface area contributed by atoms with E-state index < -0.39 is 22.6 Å². The SMILES string of the molecule is BC(B)(C(=N)/C(C=O)=C\NC)N(C)C1CCC(Oc2ccc(C#N)c(C(F)(F)F)c2)CC1. The average molecular weight is 446 g/mol. The molecule has 0 atom stereocenters. The molecule has 0 unspecified atom stereocenters. The van der Waals surface area contributed by atoms with Gasteiger partial charge in [-0.2, -0.15) is 18.4 Å². The van der Waals surface area contributed by atoms with Gasteiger partial charge in [0.1, 0.15) is 21.4 Å². The minimum Gasteiger partial charge on any atom is -0.490 e. The van der Waals surface area contributed by atoms with Crippen LogP contribution in [0.15, 0.2) is 30.0 Å². The third kappa shape index (κ3) is 5.74. The van der Waals surface area contributed by atoms with Crippen molar-refractivity contribution < 1.29 is 22.7 Å². The van der Waals surface area contributed by atoms with Crippen LogP contribution in [0.3, 0.4) is 0 Å². The number of hydrogen-bond acceptors (Lipinski definition) is 6. The van der Waals surface area contributed by atoms with Gasteiger partial charge in [-0.1, -0.05) is 0 Å². The number of rotatable bonds is 8. The quantitative estimate of drug-likeness (QED) is 0.273. The van der Waals surface area contributed by atoms with Gasteiger partial charge < -0.3 is 20.4 Å². The zero-order chi connectivity index (χ0) is 24.1. The van der Waals surface area contributed by atoms with Crippen LogP contribution in [0, 0.1) is 16.7 Å². The van der Waals surface area contributed by atoms with Crippen molar-refractivity contribution in [2.24, 2.45) is 0 Å². The Morgan fingerprint density at radius 2 is 1.94 bits per heavy atom. The molecule has 32 heavy (non-hydrogen) atoms. The van der Waals surface area contributed by atoms with E-state index in [-0.39, 0.29) is 29.2 Å². The molecule has 2 rings (SSSR count). The van der Waals surface area contributed by atoms with Crippen molar-refractivity contribution in [1.29, 1.82) is 10.7 Å². The van der Waals surface area contributed by atoms with Crippen molar-refractivity contribution in [1.82, 2.24) is 10.2 Å². The normalized spacial score (nSPS) is 19.8. The molecule has 0 saturated heterocycles. The molecule has 0 radical (unpaired) electrons. The molecule has 0 heterocycles. The van der Waals surface area contributed by atoms with Crippen LogP contribution in [0.25, 0.3) is 0 Å². The molecule has 11 heteroatoms. The van der Waals surface area contributed by atoms with Crippen molar-refractivity contribution in [3.05, 3.63) is 41.1 Å². The van der Waals surface area contributed by atoms with E-state index in [1.165, 1.54) is 12.3 Å². The second-order valence-electron chi connectivity index (χ2n) is 8.42. The summed E-state index contributed by atoms with van der Waals surface area (Å²) >= 11 is 0. The van der Waals surface area contributed by atoms with Gasteiger partial charge in [0.15, 0.2) is 6.29 Å². The number of carbonyl (C=O) groups is 1. The number of aldehydes is 1. The van der Waals surface area contributed by atoms with Crippen molar-refractivity contribution in [3.8, 4) is 11.8 Å². The molecule has 0 aromatic heterocycles. The molecule has 1 aromatic carbocycles. The van der Waals surface area contributed by atoms with Gasteiger partial charge in [0.25, 0.3) is 0 Å². The Balaban J connectivity index is 2.04. The van der Waals surface area contributed by atoms with E-state index in [0.717, 1.165) is 25.0 Å². The Kier molecular flexibility index (Phi) is 8.18. The van der Waals surface area contributed by atoms with Crippen LogP contribution in [0.1, 0.15) is 36.8 Å². The van der Waals surface area contributed by atoms with Gasteiger partial charge in [-0.05, 0) is 50.9 Å². The van der Waals surface area contributed by atoms with Gasteiger partial charge >= 0.3 is 6.18 Å². The summed E-state index contributed by atoms with van der Waals surface area (Å²) in [6.45, 7) is 0. The Labute approximate surface area is 188 Å². The van der Waals surface area contributed by atoms with Gasteiger partial charge in [0, 0.05) is 30.3 Å². The fourth-order valence-electron chi connectivity index (χ4n) is 3.98. The van der Waals surface area contributed by atoms with E-state index in [0.29, 0.717) is 19.1 Å². The molecule has 170 valence electrons. The van der Waals surface area contributed by atoms with Crippen LogP contribution in [0.5, 0.6) is 5.75 Å². The summed E-state index contributed by atoms with van der Waals surface area (Å²) in [5.74, 6) is 0.100. The summed E-state index contributed by atoms with van der Waals surface area (Å²) in [6.07, 6.45) is 0.0845. The maximum Gasteiger partial charge on any atom is 0.417 e. The highest BCUT2D eigenvalue weighted by Gasteiger charge is 2.37. The summed E-state index contributed by atoms with van der Waals surface area (Å²) in [5, 5.41) is 19.5. The predicted octanol–water partition coefficient (Wildman–Crippen LogP) is 1.44. The van der Waals surface area contributed by atoms with Gasteiger partial charge in [-0.25, -0.2) is 0 Å². The first kappa shape index (κ1) is 25.5. The fraction of sp³-hybridized carbons (Fsp3) is 0.476. The third-order valence-electron chi connectivity index (χ3n) is 6.12. The van der Waals surface area contributed by atoms with Gasteiger partial charge in [-0.3, -0.25) is 4.79 Å². The number of hydrogen-bond donors (Lipinski definition) is 2. The summed E-state index contributed by atoms with van der Waals surface area (Å²) in [4.78, 5) is 13.4. The molecule has 1 aliphatic carbocycles. The molecule has 1 aromatic rings. The number of nitriles is 1. The number of ether oxygens (including phenoxy) is 1. The van der Waals surface area contributed by atoms with Crippen LogP contribution in [0.4, 0.5) is 13.2 Å². The van der Waals surface area contributed by atoms with Crippen LogP contribution in [0.2, 0.25) is 0 Å². The van der Waals surface area contributed by atoms with Crippen LogP contribution in [-0.4, -0.2) is 64.2 Å². The largest absolute Gasteiger partial charge is 0.490 e. The van der Waals surface area contributed by atoms with Crippen LogP contribution in [-0.2, 0) is 11.0 Å². The van der Waals surface area contributed by atoms with E-state index in [2.05, 4.69) is 10.2 Å². The highest BCUT2D eigenvalue weighted by Crippen LogP contribution is 2.35. The number of carbonyl (C=O) groups excluding carboxylic acids is 1. The summed E-state index contributed by atoms with van der Waals surface area (Å²) < 4.78 is 45.4. The van der Waals surface area contributed by atoms with Crippen LogP contribution >= 0.6 is 0 Å². The average Bonchev–Trinajstić information content (AvgIpc) is 2.76. The Morgan fingerprint density at radius 3 is 2.44 bits per heavy atom. The minimum atomic E-state index is -4.62. The molecule has 0 amide bonds. The second kappa shape index (κ2) is 10.3. The molecule has 0 spiro atoms. The van der Waals surface area contributed by atoms with Crippen molar-refractivity contribution in [2.45, 2.75) is 49.3 Å². The summed E-state index contributed by atoms with van der Waals surface area (Å²) in [6, 6.07) is 5.12. The van der Waals surface area contributed by atoms with Crippen molar-refractivity contribution in [3.63, 3.8) is 0 Å². The van der Waals surface area contributed by atoms with Gasteiger partial charge in [-0.15, -0.1) is 0 Å². The molecule has 1 aliphatic rings. The number of nitrogens with zero attached hydrogens (tertiary/aromatic N) is 2. The monoisotopic (exact) mass is 446 g/mol. The first-order valence-corrected chi connectivity index (χ1v) is 10.4. The number of nitrogens with one attached hydrogen (secondary N) is 2. The fourth-order valence-corrected chi connectivity index (χ4v) is 3.98. The van der Waals surface area contributed by atoms with Gasteiger partial charge in [0.2, 0.25) is 0 Å². The lowest BCUT2D eigenvalue weighted by atomic mass is 9.56. The third-order valence-corrected chi connectivity index (χ3v) is 6.12. The van der Waals surface area contributed by atoms with E-state index in [1.54, 1.807) is 13.1 Å². The number of halogens is 3. The molecule has 0 aliphatic heterocycles. The molecule has 2 N–H and O–H groups in total. The zero-order valence-electron chi connectivity index (χ0n) is 18.7. The highest BCUT2D eigenvalue weighted by atomic mass is 19.4. The first-order valence-electron chi connectivity index (χ1n) is 10.4. The number of benzene rings is 1. The lowest BCUT2D eigenvalue weighted by Crippen LogP contribution is -2.59. The lowest BCUT2D eigenvalue weighted by molar-refractivity contribution is -0.138. The highest BCUT2D eigenvalue weighted by molar-refractivity contribution is 6.55. The van der Waals surface area contributed by atoms with Crippen molar-refractivity contribution >= 4 is 27.7 Å². The molecule has 6 nitrogen and oxygen atoms in total.